The third-order valence-electron chi connectivity index (χ3n) is 7.48. The molecular weight excluding hydrogens is 466 g/mol. The minimum atomic E-state index is -2.11. The summed E-state index contributed by atoms with van der Waals surface area (Å²) in [6, 6.07) is 18.5. The Hall–Kier alpha value is -3.61. The van der Waals surface area contributed by atoms with Crippen molar-refractivity contribution in [2.24, 2.45) is 11.8 Å². The first-order chi connectivity index (χ1) is 16.8. The second kappa shape index (κ2) is 7.44. The van der Waals surface area contributed by atoms with Gasteiger partial charge in [-0.05, 0) is 43.2 Å². The van der Waals surface area contributed by atoms with E-state index in [0.29, 0.717) is 16.3 Å². The highest BCUT2D eigenvalue weighted by Gasteiger charge is 2.74. The van der Waals surface area contributed by atoms with Gasteiger partial charge in [0.2, 0.25) is 29.0 Å². The lowest BCUT2D eigenvalue weighted by Gasteiger charge is -2.27. The second-order valence-corrected chi connectivity index (χ2v) is 9.69. The highest BCUT2D eigenvalue weighted by Crippen LogP contribution is 2.58. The Bertz CT molecular complexity index is 1440. The fourth-order valence-electron chi connectivity index (χ4n) is 5.62. The zero-order valence-electron chi connectivity index (χ0n) is 18.9. The van der Waals surface area contributed by atoms with Crippen molar-refractivity contribution in [3.05, 3.63) is 99.6 Å². The normalized spacial score (nSPS) is 24.4. The Morgan fingerprint density at radius 1 is 0.800 bits per heavy atom. The van der Waals surface area contributed by atoms with Crippen molar-refractivity contribution in [3.63, 3.8) is 0 Å². The average Bonchev–Trinajstić information content (AvgIpc) is 3.41. The van der Waals surface area contributed by atoms with Crippen LogP contribution in [0.25, 0.3) is 0 Å². The summed E-state index contributed by atoms with van der Waals surface area (Å²) in [5.74, 6) is -4.69. The van der Waals surface area contributed by atoms with Crippen molar-refractivity contribution >= 4 is 40.7 Å². The van der Waals surface area contributed by atoms with Crippen molar-refractivity contribution in [2.45, 2.75) is 25.6 Å². The summed E-state index contributed by atoms with van der Waals surface area (Å²) in [6.07, 6.45) is -1.04. The van der Waals surface area contributed by atoms with Crippen LogP contribution in [0, 0.1) is 25.7 Å². The maximum atomic E-state index is 13.9. The molecule has 0 bridgehead atoms. The zero-order chi connectivity index (χ0) is 24.6. The number of nitrogens with zero attached hydrogens (tertiary/aromatic N) is 1. The van der Waals surface area contributed by atoms with Gasteiger partial charge < -0.3 is 4.74 Å². The molecule has 1 aliphatic carbocycles. The van der Waals surface area contributed by atoms with E-state index in [2.05, 4.69) is 0 Å². The molecule has 0 radical (unpaired) electrons. The van der Waals surface area contributed by atoms with Crippen LogP contribution in [-0.4, -0.2) is 29.0 Å². The lowest BCUT2D eigenvalue weighted by molar-refractivity contribution is -0.127. The summed E-state index contributed by atoms with van der Waals surface area (Å²) < 4.78 is 6.27. The standard InChI is InChI=1S/C28H20ClNO5/c1-14-11-12-16(13-15(14)2)30-26(33)21-22(27(30)34)28(35-23(21)19-9-5-6-10-20(19)29)24(31)17-7-3-4-8-18(17)25(28)32/h3-13,21-23H,1-2H3/t21-,22-,23-/m0/s1. The number of fused-ring (bicyclic) bond motifs is 3. The third-order valence-corrected chi connectivity index (χ3v) is 7.82. The molecule has 0 aromatic heterocycles. The van der Waals surface area contributed by atoms with Gasteiger partial charge >= 0.3 is 0 Å². The predicted octanol–water partition coefficient (Wildman–Crippen LogP) is 4.65. The topological polar surface area (TPSA) is 80.8 Å². The molecule has 0 saturated carbocycles. The number of imide groups is 1. The van der Waals surface area contributed by atoms with E-state index in [1.54, 1.807) is 60.7 Å². The number of amides is 2. The number of benzene rings is 3. The zero-order valence-corrected chi connectivity index (χ0v) is 19.7. The number of carbonyl (C=O) groups is 4. The van der Waals surface area contributed by atoms with Gasteiger partial charge in [0.15, 0.2) is 0 Å². The van der Waals surface area contributed by atoms with Gasteiger partial charge in [-0.3, -0.25) is 19.2 Å². The van der Waals surface area contributed by atoms with Gasteiger partial charge in [0.05, 0.1) is 23.6 Å². The molecule has 2 fully saturated rings. The van der Waals surface area contributed by atoms with Gasteiger partial charge in [-0.2, -0.15) is 0 Å². The monoisotopic (exact) mass is 485 g/mol. The molecule has 1 spiro atoms. The van der Waals surface area contributed by atoms with Crippen LogP contribution in [0.3, 0.4) is 0 Å². The van der Waals surface area contributed by atoms with Crippen molar-refractivity contribution in [2.75, 3.05) is 4.90 Å². The molecule has 0 unspecified atom stereocenters. The summed E-state index contributed by atoms with van der Waals surface area (Å²) in [7, 11) is 0. The Morgan fingerprint density at radius 2 is 1.43 bits per heavy atom. The minimum Gasteiger partial charge on any atom is -0.349 e. The molecule has 2 saturated heterocycles. The lowest BCUT2D eigenvalue weighted by atomic mass is 9.77. The molecule has 6 nitrogen and oxygen atoms in total. The highest BCUT2D eigenvalue weighted by atomic mass is 35.5. The van der Waals surface area contributed by atoms with Crippen LogP contribution >= 0.6 is 11.6 Å². The second-order valence-electron chi connectivity index (χ2n) is 9.28. The summed E-state index contributed by atoms with van der Waals surface area (Å²) >= 11 is 6.47. The molecule has 2 heterocycles. The molecule has 174 valence electrons. The van der Waals surface area contributed by atoms with Crippen molar-refractivity contribution in [1.82, 2.24) is 0 Å². The Balaban J connectivity index is 1.56. The Kier molecular flexibility index (Phi) is 4.66. The van der Waals surface area contributed by atoms with Crippen LogP contribution in [0.15, 0.2) is 66.7 Å². The fraction of sp³-hybridized carbons (Fsp3) is 0.214. The van der Waals surface area contributed by atoms with Crippen molar-refractivity contribution in [1.29, 1.82) is 0 Å². The van der Waals surface area contributed by atoms with E-state index in [1.165, 1.54) is 0 Å². The molecule has 3 aliphatic rings. The predicted molar refractivity (Wildman–Crippen MR) is 129 cm³/mol. The number of halogens is 1. The molecule has 3 atom stereocenters. The van der Waals surface area contributed by atoms with Crippen LogP contribution in [0.2, 0.25) is 5.02 Å². The van der Waals surface area contributed by atoms with Gasteiger partial charge in [-0.25, -0.2) is 4.90 Å². The molecule has 3 aromatic rings. The number of ketones is 2. The lowest BCUT2D eigenvalue weighted by Crippen LogP contribution is -2.51. The number of hydrogen-bond acceptors (Lipinski definition) is 5. The molecule has 3 aromatic carbocycles. The molecule has 0 N–H and O–H groups in total. The molecule has 35 heavy (non-hydrogen) atoms. The number of ether oxygens (including phenoxy) is 1. The van der Waals surface area contributed by atoms with E-state index in [4.69, 9.17) is 16.3 Å². The van der Waals surface area contributed by atoms with Crippen molar-refractivity contribution < 1.29 is 23.9 Å². The Morgan fingerprint density at radius 3 is 2.06 bits per heavy atom. The van der Waals surface area contributed by atoms with Gasteiger partial charge in [0.1, 0.15) is 0 Å². The van der Waals surface area contributed by atoms with Crippen LogP contribution < -0.4 is 4.90 Å². The molecule has 2 amide bonds. The van der Waals surface area contributed by atoms with Crippen molar-refractivity contribution in [3.8, 4) is 0 Å². The number of carbonyl (C=O) groups excluding carboxylic acids is 4. The van der Waals surface area contributed by atoms with Crippen LogP contribution in [0.5, 0.6) is 0 Å². The van der Waals surface area contributed by atoms with Gasteiger partial charge in [0, 0.05) is 21.7 Å². The van der Waals surface area contributed by atoms with Gasteiger partial charge in [-0.15, -0.1) is 0 Å². The quantitative estimate of drug-likeness (QED) is 0.390. The Labute approximate surface area is 206 Å². The number of hydrogen-bond donors (Lipinski definition) is 0. The maximum Gasteiger partial charge on any atom is 0.241 e. The van der Waals surface area contributed by atoms with E-state index >= 15 is 0 Å². The van der Waals surface area contributed by atoms with E-state index in [0.717, 1.165) is 16.0 Å². The molecule has 6 rings (SSSR count). The van der Waals surface area contributed by atoms with E-state index < -0.39 is 46.9 Å². The summed E-state index contributed by atoms with van der Waals surface area (Å²) in [5, 5.41) is 0.327. The smallest absolute Gasteiger partial charge is 0.241 e. The van der Waals surface area contributed by atoms with Crippen LogP contribution in [-0.2, 0) is 14.3 Å². The van der Waals surface area contributed by atoms with Crippen LogP contribution in [0.1, 0.15) is 43.5 Å². The SMILES string of the molecule is Cc1ccc(N2C(=O)[C@H]3[C@@H](C2=O)C2(O[C@H]3c3ccccc3Cl)C(=O)c3ccccc3C2=O)cc1C. The molecule has 2 aliphatic heterocycles. The van der Waals surface area contributed by atoms with Gasteiger partial charge in [-0.1, -0.05) is 60.1 Å². The molecular formula is C28H20ClNO5. The minimum absolute atomic E-state index is 0.195. The maximum absolute atomic E-state index is 13.9. The number of anilines is 1. The van der Waals surface area contributed by atoms with E-state index in [1.807, 2.05) is 19.9 Å². The van der Waals surface area contributed by atoms with Gasteiger partial charge in [0.25, 0.3) is 0 Å². The summed E-state index contributed by atoms with van der Waals surface area (Å²) in [5.41, 5.74) is 1.07. The average molecular weight is 486 g/mol. The first-order valence-corrected chi connectivity index (χ1v) is 11.7. The summed E-state index contributed by atoms with van der Waals surface area (Å²) in [4.78, 5) is 56.5. The first kappa shape index (κ1) is 21.9. The fourth-order valence-corrected chi connectivity index (χ4v) is 5.87. The first-order valence-electron chi connectivity index (χ1n) is 11.3. The number of aryl methyl sites for hydroxylation is 2. The van der Waals surface area contributed by atoms with E-state index in [-0.39, 0.29) is 11.1 Å². The number of Topliss-reactive ketones (excluding diaryl/α,β-unsaturated/α-hetero) is 2. The van der Waals surface area contributed by atoms with E-state index in [9.17, 15) is 19.2 Å². The summed E-state index contributed by atoms with van der Waals surface area (Å²) in [6.45, 7) is 3.83. The largest absolute Gasteiger partial charge is 0.349 e. The van der Waals surface area contributed by atoms with Crippen LogP contribution in [0.4, 0.5) is 5.69 Å². The third kappa shape index (κ3) is 2.75. The number of rotatable bonds is 2. The molecule has 7 heteroatoms. The highest BCUT2D eigenvalue weighted by molar-refractivity contribution is 6.37.